The fraction of sp³-hybridized carbons (Fsp3) is 0.962. The van der Waals surface area contributed by atoms with Gasteiger partial charge in [-0.15, -0.1) is 0 Å². The zero-order valence-electron chi connectivity index (χ0n) is 40.2. The first-order chi connectivity index (χ1) is 29.0. The van der Waals surface area contributed by atoms with E-state index in [1.165, 1.54) is 212 Å². The fourth-order valence-electron chi connectivity index (χ4n) is 8.61. The zero-order chi connectivity index (χ0) is 43.1. The van der Waals surface area contributed by atoms with Crippen molar-refractivity contribution in [1.82, 2.24) is 5.32 Å². The van der Waals surface area contributed by atoms with Crippen molar-refractivity contribution < 1.29 is 24.5 Å². The summed E-state index contributed by atoms with van der Waals surface area (Å²) in [5.41, 5.74) is 0. The fourth-order valence-corrected chi connectivity index (χ4v) is 8.61. The predicted molar refractivity (Wildman–Crippen MR) is 255 cm³/mol. The number of esters is 1. The van der Waals surface area contributed by atoms with Gasteiger partial charge in [-0.3, -0.25) is 9.59 Å². The molecule has 0 heterocycles. The van der Waals surface area contributed by atoms with Gasteiger partial charge in [0.15, 0.2) is 0 Å². The van der Waals surface area contributed by atoms with Crippen LogP contribution in [-0.2, 0) is 14.3 Å². The third-order valence-corrected chi connectivity index (χ3v) is 12.7. The highest BCUT2D eigenvalue weighted by Crippen LogP contribution is 2.19. The van der Waals surface area contributed by atoms with Crippen LogP contribution in [0.15, 0.2) is 0 Å². The second kappa shape index (κ2) is 47.9. The van der Waals surface area contributed by atoms with Crippen LogP contribution in [0, 0.1) is 0 Å². The summed E-state index contributed by atoms with van der Waals surface area (Å²) in [6, 6.07) is -0.692. The summed E-state index contributed by atoms with van der Waals surface area (Å²) < 4.78 is 5.94. The van der Waals surface area contributed by atoms with Gasteiger partial charge in [0.1, 0.15) is 6.10 Å². The molecule has 352 valence electrons. The second-order valence-corrected chi connectivity index (χ2v) is 18.6. The van der Waals surface area contributed by atoms with E-state index >= 15 is 0 Å². The number of aliphatic hydroxyl groups is 2. The third-order valence-electron chi connectivity index (χ3n) is 12.7. The Bertz CT molecular complexity index is 852. The molecule has 1 amide bonds. The van der Waals surface area contributed by atoms with Crippen molar-refractivity contribution in [1.29, 1.82) is 0 Å². The van der Waals surface area contributed by atoms with Gasteiger partial charge in [0.2, 0.25) is 5.91 Å². The Kier molecular flexibility index (Phi) is 47.0. The first kappa shape index (κ1) is 57.9. The molecule has 0 aliphatic carbocycles. The van der Waals surface area contributed by atoms with E-state index in [0.29, 0.717) is 19.3 Å². The number of hydrogen-bond donors (Lipinski definition) is 3. The third kappa shape index (κ3) is 43.3. The van der Waals surface area contributed by atoms with Gasteiger partial charge >= 0.3 is 5.97 Å². The molecule has 3 atom stereocenters. The average molecular weight is 836 g/mol. The molecule has 0 bridgehead atoms. The highest BCUT2D eigenvalue weighted by atomic mass is 16.5. The number of hydrogen-bond acceptors (Lipinski definition) is 5. The molecule has 0 spiro atoms. The summed E-state index contributed by atoms with van der Waals surface area (Å²) >= 11 is 0. The SMILES string of the molecule is CCCCCCCCCCCCCCCCCC(CC(=O)NC(CO)C(O)CCCCCCCCCCCCCCCC)OC(=O)CCCCCCCCCCCCC. The minimum Gasteiger partial charge on any atom is -0.462 e. The molecule has 59 heavy (non-hydrogen) atoms. The van der Waals surface area contributed by atoms with Gasteiger partial charge < -0.3 is 20.3 Å². The molecule has 0 radical (unpaired) electrons. The van der Waals surface area contributed by atoms with Gasteiger partial charge in [-0.25, -0.2) is 0 Å². The minimum absolute atomic E-state index is 0.0880. The number of ether oxygens (including phenoxy) is 1. The number of rotatable bonds is 49. The summed E-state index contributed by atoms with van der Waals surface area (Å²) in [7, 11) is 0. The van der Waals surface area contributed by atoms with Crippen molar-refractivity contribution in [3.63, 3.8) is 0 Å². The Hall–Kier alpha value is -1.14. The number of unbranched alkanes of at least 4 members (excludes halogenated alkanes) is 37. The summed E-state index contributed by atoms with van der Waals surface area (Å²) in [4.78, 5) is 26.1. The maximum Gasteiger partial charge on any atom is 0.306 e. The van der Waals surface area contributed by atoms with E-state index in [4.69, 9.17) is 4.74 Å². The smallest absolute Gasteiger partial charge is 0.306 e. The van der Waals surface area contributed by atoms with E-state index in [0.717, 1.165) is 44.9 Å². The summed E-state index contributed by atoms with van der Waals surface area (Å²) in [6.07, 6.45) is 51.6. The van der Waals surface area contributed by atoms with Crippen molar-refractivity contribution in [3.8, 4) is 0 Å². The van der Waals surface area contributed by atoms with Crippen LogP contribution in [0.5, 0.6) is 0 Å². The van der Waals surface area contributed by atoms with Crippen LogP contribution < -0.4 is 5.32 Å². The van der Waals surface area contributed by atoms with Gasteiger partial charge in [-0.2, -0.15) is 0 Å². The van der Waals surface area contributed by atoms with Crippen LogP contribution in [0.25, 0.3) is 0 Å². The largest absolute Gasteiger partial charge is 0.462 e. The molecule has 0 aromatic heterocycles. The van der Waals surface area contributed by atoms with Gasteiger partial charge in [0.05, 0.1) is 25.2 Å². The van der Waals surface area contributed by atoms with Crippen LogP contribution in [0.1, 0.15) is 303 Å². The molecule has 3 N–H and O–H groups in total. The Morgan fingerprint density at radius 3 is 1.03 bits per heavy atom. The van der Waals surface area contributed by atoms with Crippen molar-refractivity contribution in [2.75, 3.05) is 6.61 Å². The lowest BCUT2D eigenvalue weighted by Gasteiger charge is -2.24. The van der Waals surface area contributed by atoms with E-state index in [2.05, 4.69) is 26.1 Å². The molecule has 0 saturated carbocycles. The molecule has 0 aromatic carbocycles. The van der Waals surface area contributed by atoms with Crippen LogP contribution in [0.4, 0.5) is 0 Å². The lowest BCUT2D eigenvalue weighted by Crippen LogP contribution is -2.46. The number of carbonyl (C=O) groups excluding carboxylic acids is 2. The van der Waals surface area contributed by atoms with Gasteiger partial charge in [-0.1, -0.05) is 265 Å². The van der Waals surface area contributed by atoms with Crippen molar-refractivity contribution in [3.05, 3.63) is 0 Å². The Morgan fingerprint density at radius 2 is 0.712 bits per heavy atom. The average Bonchev–Trinajstić information content (AvgIpc) is 3.23. The quantitative estimate of drug-likeness (QED) is 0.0419. The molecule has 0 aliphatic rings. The predicted octanol–water partition coefficient (Wildman–Crippen LogP) is 16.0. The number of aliphatic hydroxyl groups excluding tert-OH is 2. The van der Waals surface area contributed by atoms with Gasteiger partial charge in [-0.05, 0) is 25.7 Å². The lowest BCUT2D eigenvalue weighted by molar-refractivity contribution is -0.151. The van der Waals surface area contributed by atoms with Crippen molar-refractivity contribution in [2.45, 2.75) is 322 Å². The van der Waals surface area contributed by atoms with Crippen molar-refractivity contribution in [2.24, 2.45) is 0 Å². The molecule has 0 fully saturated rings. The highest BCUT2D eigenvalue weighted by Gasteiger charge is 2.24. The molecule has 0 saturated heterocycles. The molecule has 6 nitrogen and oxygen atoms in total. The molecular weight excluding hydrogens is 731 g/mol. The molecule has 0 aromatic rings. The van der Waals surface area contributed by atoms with Crippen LogP contribution >= 0.6 is 0 Å². The second-order valence-electron chi connectivity index (χ2n) is 18.6. The highest BCUT2D eigenvalue weighted by molar-refractivity contribution is 5.77. The maximum absolute atomic E-state index is 13.2. The van der Waals surface area contributed by atoms with E-state index in [1.54, 1.807) is 0 Å². The van der Waals surface area contributed by atoms with Crippen LogP contribution in [-0.4, -0.2) is 46.9 Å². The molecule has 3 unspecified atom stereocenters. The van der Waals surface area contributed by atoms with Crippen LogP contribution in [0.3, 0.4) is 0 Å². The lowest BCUT2D eigenvalue weighted by atomic mass is 10.0. The van der Waals surface area contributed by atoms with E-state index in [-0.39, 0.29) is 24.9 Å². The number of carbonyl (C=O) groups is 2. The molecule has 0 aliphatic heterocycles. The van der Waals surface area contributed by atoms with Crippen molar-refractivity contribution >= 4 is 11.9 Å². The number of amides is 1. The Morgan fingerprint density at radius 1 is 0.424 bits per heavy atom. The topological polar surface area (TPSA) is 95.9 Å². The maximum atomic E-state index is 13.2. The first-order valence-corrected chi connectivity index (χ1v) is 26.8. The first-order valence-electron chi connectivity index (χ1n) is 26.8. The van der Waals surface area contributed by atoms with Gasteiger partial charge in [0.25, 0.3) is 0 Å². The van der Waals surface area contributed by atoms with E-state index < -0.39 is 18.2 Å². The Labute approximate surface area is 368 Å². The van der Waals surface area contributed by atoms with E-state index in [1.807, 2.05) is 0 Å². The normalized spacial score (nSPS) is 13.1. The standard InChI is InChI=1S/C53H105NO5/c1-4-7-10-13-16-19-22-24-26-27-30-32-35-38-41-44-49(59-53(58)46-43-40-37-34-29-21-18-15-12-9-6-3)47-52(57)54-50(48-55)51(56)45-42-39-36-33-31-28-25-23-20-17-14-11-8-5-2/h49-51,55-56H,4-48H2,1-3H3,(H,54,57). The minimum atomic E-state index is -0.779. The Balaban J connectivity index is 4.49. The number of nitrogens with one attached hydrogen (secondary N) is 1. The molecule has 6 heteroatoms. The summed E-state index contributed by atoms with van der Waals surface area (Å²) in [5, 5.41) is 23.8. The molecular formula is C53H105NO5. The molecule has 0 rings (SSSR count). The van der Waals surface area contributed by atoms with Crippen LogP contribution in [0.2, 0.25) is 0 Å². The zero-order valence-corrected chi connectivity index (χ0v) is 40.2. The summed E-state index contributed by atoms with van der Waals surface area (Å²) in [6.45, 7) is 6.51. The monoisotopic (exact) mass is 836 g/mol. The van der Waals surface area contributed by atoms with E-state index in [9.17, 15) is 19.8 Å². The summed E-state index contributed by atoms with van der Waals surface area (Å²) in [5.74, 6) is -0.450. The van der Waals surface area contributed by atoms with Gasteiger partial charge in [0, 0.05) is 6.42 Å².